The maximum atomic E-state index is 12.2. The predicted octanol–water partition coefficient (Wildman–Crippen LogP) is 8.48. The summed E-state index contributed by atoms with van der Waals surface area (Å²) in [6, 6.07) is 21.6. The molecule has 0 bridgehead atoms. The lowest BCUT2D eigenvalue weighted by Gasteiger charge is -2.24. The van der Waals surface area contributed by atoms with Crippen molar-refractivity contribution in [2.75, 3.05) is 11.5 Å². The lowest BCUT2D eigenvalue weighted by molar-refractivity contribution is 0.0684. The van der Waals surface area contributed by atoms with Crippen LogP contribution in [0.15, 0.2) is 72.9 Å². The van der Waals surface area contributed by atoms with Crippen LogP contribution in [-0.2, 0) is 19.5 Å². The van der Waals surface area contributed by atoms with Crippen molar-refractivity contribution < 1.29 is 14.6 Å². The summed E-state index contributed by atoms with van der Waals surface area (Å²) in [5.41, 5.74) is 6.22. The van der Waals surface area contributed by atoms with Gasteiger partial charge >= 0.3 is 5.97 Å². The molecule has 4 rings (SSSR count). The van der Waals surface area contributed by atoms with Gasteiger partial charge in [0.15, 0.2) is 0 Å². The van der Waals surface area contributed by atoms with E-state index in [1.807, 2.05) is 68.6 Å². The monoisotopic (exact) mass is 550 g/mol. The first-order chi connectivity index (χ1) is 18.2. The van der Waals surface area contributed by atoms with Crippen LogP contribution in [0.3, 0.4) is 0 Å². The van der Waals surface area contributed by atoms with Crippen molar-refractivity contribution in [3.8, 4) is 5.75 Å². The number of nitrogens with zero attached hydrogens (tertiary/aromatic N) is 2. The van der Waals surface area contributed by atoms with Gasteiger partial charge in [-0.25, -0.2) is 4.79 Å². The maximum absolute atomic E-state index is 12.2. The molecule has 1 heterocycles. The van der Waals surface area contributed by atoms with Crippen LogP contribution in [0, 0.1) is 13.8 Å². The van der Waals surface area contributed by atoms with E-state index in [4.69, 9.17) is 27.9 Å². The summed E-state index contributed by atoms with van der Waals surface area (Å²) in [6.07, 6.45) is 3.46. The molecule has 0 spiro atoms. The Morgan fingerprint density at radius 2 is 1.66 bits per heavy atom. The summed E-state index contributed by atoms with van der Waals surface area (Å²) in [7, 11) is 0. The average molecular weight is 552 g/mol. The molecular weight excluding hydrogens is 519 g/mol. The second-order valence-corrected chi connectivity index (χ2v) is 10.2. The fourth-order valence-electron chi connectivity index (χ4n) is 4.51. The highest BCUT2D eigenvalue weighted by Gasteiger charge is 2.19. The molecule has 0 aliphatic rings. The van der Waals surface area contributed by atoms with Gasteiger partial charge in [-0.1, -0.05) is 54.4 Å². The maximum Gasteiger partial charge on any atom is 0.352 e. The fraction of sp³-hybridized carbons (Fsp3) is 0.258. The van der Waals surface area contributed by atoms with Crippen molar-refractivity contribution >= 4 is 40.5 Å². The molecule has 3 aromatic carbocycles. The summed E-state index contributed by atoms with van der Waals surface area (Å²) in [6.45, 7) is 7.54. The van der Waals surface area contributed by atoms with Crippen LogP contribution in [0.25, 0.3) is 0 Å². The van der Waals surface area contributed by atoms with Crippen LogP contribution in [0.1, 0.15) is 46.1 Å². The highest BCUT2D eigenvalue weighted by atomic mass is 35.5. The van der Waals surface area contributed by atoms with Crippen molar-refractivity contribution in [1.82, 2.24) is 4.57 Å². The lowest BCUT2D eigenvalue weighted by Crippen LogP contribution is -2.16. The van der Waals surface area contributed by atoms with E-state index in [0.29, 0.717) is 31.1 Å². The molecule has 4 aromatic rings. The third-order valence-corrected chi connectivity index (χ3v) is 7.33. The van der Waals surface area contributed by atoms with E-state index in [9.17, 15) is 9.90 Å². The van der Waals surface area contributed by atoms with E-state index < -0.39 is 5.97 Å². The molecule has 0 unspecified atom stereocenters. The van der Waals surface area contributed by atoms with Crippen LogP contribution < -0.4 is 9.64 Å². The number of aromatic nitrogens is 1. The number of aromatic carboxylic acids is 1. The third kappa shape index (κ3) is 6.72. The van der Waals surface area contributed by atoms with E-state index in [2.05, 4.69) is 24.0 Å². The van der Waals surface area contributed by atoms with Crippen molar-refractivity contribution in [2.45, 2.75) is 46.7 Å². The van der Waals surface area contributed by atoms with Crippen LogP contribution >= 0.6 is 23.2 Å². The Kier molecular flexibility index (Phi) is 9.03. The van der Waals surface area contributed by atoms with Gasteiger partial charge in [0.2, 0.25) is 0 Å². The van der Waals surface area contributed by atoms with Gasteiger partial charge in [-0.15, -0.1) is 0 Å². The number of anilines is 2. The Morgan fingerprint density at radius 1 is 0.947 bits per heavy atom. The largest absolute Gasteiger partial charge is 0.494 e. The number of benzene rings is 3. The lowest BCUT2D eigenvalue weighted by atomic mass is 10.1. The zero-order valence-corrected chi connectivity index (χ0v) is 23.4. The number of rotatable bonds is 11. The predicted molar refractivity (Wildman–Crippen MR) is 156 cm³/mol. The Hall–Kier alpha value is -3.41. The number of ether oxygens (including phenoxy) is 1. The number of carboxylic acids is 1. The minimum absolute atomic E-state index is 0.237. The first-order valence-corrected chi connectivity index (χ1v) is 13.4. The van der Waals surface area contributed by atoms with Gasteiger partial charge in [-0.2, -0.15) is 0 Å². The molecule has 0 atom stereocenters. The molecule has 0 radical (unpaired) electrons. The molecule has 0 aliphatic heterocycles. The second-order valence-electron chi connectivity index (χ2n) is 9.39. The first kappa shape index (κ1) is 27.6. The van der Waals surface area contributed by atoms with Crippen molar-refractivity contribution in [2.24, 2.45) is 0 Å². The van der Waals surface area contributed by atoms with E-state index in [-0.39, 0.29) is 5.69 Å². The van der Waals surface area contributed by atoms with Gasteiger partial charge in [0.25, 0.3) is 0 Å². The van der Waals surface area contributed by atoms with Crippen molar-refractivity contribution in [3.63, 3.8) is 0 Å². The smallest absolute Gasteiger partial charge is 0.352 e. The van der Waals surface area contributed by atoms with Crippen molar-refractivity contribution in [3.05, 3.63) is 111 Å². The Bertz CT molecular complexity index is 1410. The molecule has 0 aliphatic carbocycles. The number of carboxylic acid groups (broad SMARTS) is 1. The highest BCUT2D eigenvalue weighted by Crippen LogP contribution is 2.31. The molecule has 38 heavy (non-hydrogen) atoms. The average Bonchev–Trinajstić information content (AvgIpc) is 3.32. The minimum atomic E-state index is -0.967. The van der Waals surface area contributed by atoms with Crippen molar-refractivity contribution in [1.29, 1.82) is 0 Å². The van der Waals surface area contributed by atoms with Crippen LogP contribution in [0.5, 0.6) is 5.75 Å². The van der Waals surface area contributed by atoms with Gasteiger partial charge < -0.3 is 19.3 Å². The molecule has 198 valence electrons. The Morgan fingerprint density at radius 3 is 2.34 bits per heavy atom. The highest BCUT2D eigenvalue weighted by molar-refractivity contribution is 6.32. The van der Waals surface area contributed by atoms with Crippen LogP contribution in [0.4, 0.5) is 11.4 Å². The molecule has 1 aromatic heterocycles. The SMILES string of the molecule is CCc1cccc(N(Cc2cccc(Cl)c2)c2cc(C(=O)O)n(CCCOc3cc(C)c(Cl)c(C)c3)c2)c1. The summed E-state index contributed by atoms with van der Waals surface area (Å²) in [5.74, 6) is -0.203. The van der Waals surface area contributed by atoms with Gasteiger partial charge in [-0.05, 0) is 91.4 Å². The molecule has 1 N–H and O–H groups in total. The molecule has 0 saturated heterocycles. The number of halogens is 2. The second kappa shape index (κ2) is 12.4. The summed E-state index contributed by atoms with van der Waals surface area (Å²) >= 11 is 12.5. The normalized spacial score (nSPS) is 11.0. The van der Waals surface area contributed by atoms with Gasteiger partial charge in [0, 0.05) is 35.0 Å². The zero-order valence-electron chi connectivity index (χ0n) is 21.9. The van der Waals surface area contributed by atoms with Crippen LogP contribution in [-0.4, -0.2) is 22.2 Å². The Balaban J connectivity index is 1.57. The molecule has 7 heteroatoms. The zero-order chi connectivity index (χ0) is 27.2. The molecule has 0 fully saturated rings. The van der Waals surface area contributed by atoms with E-state index in [1.165, 1.54) is 5.56 Å². The fourth-order valence-corrected chi connectivity index (χ4v) is 4.84. The standard InChI is InChI=1S/C31H32Cl2N2O3/c1-4-23-8-6-11-26(17-23)35(19-24-9-5-10-25(32)16-24)27-18-29(31(36)37)34(20-27)12-7-13-38-28-14-21(2)30(33)22(3)15-28/h5-6,8-11,14-18,20H,4,7,12-13,19H2,1-3H3,(H,36,37). The number of hydrogen-bond acceptors (Lipinski definition) is 3. The van der Waals surface area contributed by atoms with E-state index in [1.54, 1.807) is 10.6 Å². The van der Waals surface area contributed by atoms with E-state index >= 15 is 0 Å². The summed E-state index contributed by atoms with van der Waals surface area (Å²) < 4.78 is 7.73. The molecular formula is C31H32Cl2N2O3. The minimum Gasteiger partial charge on any atom is -0.494 e. The topological polar surface area (TPSA) is 54.7 Å². The number of carbonyl (C=O) groups is 1. The first-order valence-electron chi connectivity index (χ1n) is 12.7. The van der Waals surface area contributed by atoms with E-state index in [0.717, 1.165) is 45.3 Å². The van der Waals surface area contributed by atoms with Gasteiger partial charge in [-0.3, -0.25) is 0 Å². The number of aryl methyl sites for hydroxylation is 4. The van der Waals surface area contributed by atoms with Crippen LogP contribution in [0.2, 0.25) is 10.0 Å². The molecule has 0 saturated carbocycles. The number of hydrogen-bond donors (Lipinski definition) is 1. The third-order valence-electron chi connectivity index (χ3n) is 6.50. The van der Waals surface area contributed by atoms with Gasteiger partial charge in [0.1, 0.15) is 11.4 Å². The van der Waals surface area contributed by atoms with Gasteiger partial charge in [0.05, 0.1) is 12.3 Å². The summed E-state index contributed by atoms with van der Waals surface area (Å²) in [4.78, 5) is 14.3. The molecule has 5 nitrogen and oxygen atoms in total. The quantitative estimate of drug-likeness (QED) is 0.190. The Labute approximate surface area is 234 Å². The summed E-state index contributed by atoms with van der Waals surface area (Å²) in [5, 5.41) is 11.4. The molecule has 0 amide bonds.